The van der Waals surface area contributed by atoms with Crippen LogP contribution in [0.3, 0.4) is 0 Å². The molecule has 162 valence electrons. The minimum atomic E-state index is -0.834. The number of amides is 1. The lowest BCUT2D eigenvalue weighted by Gasteiger charge is -2.09. The topological polar surface area (TPSA) is 86.1 Å². The highest BCUT2D eigenvalue weighted by Crippen LogP contribution is 2.26. The average molecular weight is 450 g/mol. The Morgan fingerprint density at radius 2 is 1.91 bits per heavy atom. The van der Waals surface area contributed by atoms with Gasteiger partial charge in [0, 0.05) is 5.69 Å². The zero-order valence-electron chi connectivity index (χ0n) is 17.3. The van der Waals surface area contributed by atoms with E-state index in [9.17, 15) is 14.0 Å². The second kappa shape index (κ2) is 9.11. The number of rotatable bonds is 6. The van der Waals surface area contributed by atoms with E-state index in [-0.39, 0.29) is 11.6 Å². The maximum atomic E-state index is 13.3. The van der Waals surface area contributed by atoms with Gasteiger partial charge in [-0.2, -0.15) is 4.98 Å². The van der Waals surface area contributed by atoms with E-state index in [0.717, 1.165) is 16.0 Å². The molecular formula is C23H19FN4O3S. The van der Waals surface area contributed by atoms with Gasteiger partial charge in [-0.05, 0) is 66.8 Å². The molecule has 2 aromatic heterocycles. The second-order valence-electron chi connectivity index (χ2n) is 7.07. The lowest BCUT2D eigenvalue weighted by molar-refractivity contribution is -0.119. The Morgan fingerprint density at radius 1 is 1.12 bits per heavy atom. The van der Waals surface area contributed by atoms with E-state index in [0.29, 0.717) is 17.2 Å². The van der Waals surface area contributed by atoms with Crippen molar-refractivity contribution in [2.45, 2.75) is 13.8 Å². The normalized spacial score (nSPS) is 10.7. The smallest absolute Gasteiger partial charge is 0.378 e. The number of aromatic nitrogens is 3. The van der Waals surface area contributed by atoms with Crippen LogP contribution in [-0.4, -0.2) is 33.2 Å². The largest absolute Gasteiger partial charge is 0.450 e. The maximum absolute atomic E-state index is 13.3. The first kappa shape index (κ1) is 21.4. The van der Waals surface area contributed by atoms with Crippen molar-refractivity contribution >= 4 is 28.9 Å². The van der Waals surface area contributed by atoms with Crippen LogP contribution in [0.15, 0.2) is 60.0 Å². The van der Waals surface area contributed by atoms with Crippen LogP contribution in [0.4, 0.5) is 10.1 Å². The van der Waals surface area contributed by atoms with Gasteiger partial charge in [0.15, 0.2) is 12.4 Å². The van der Waals surface area contributed by atoms with Gasteiger partial charge in [0.05, 0.1) is 10.6 Å². The van der Waals surface area contributed by atoms with Gasteiger partial charge in [-0.3, -0.25) is 4.79 Å². The first-order valence-corrected chi connectivity index (χ1v) is 10.6. The molecule has 1 amide bonds. The van der Waals surface area contributed by atoms with Gasteiger partial charge in [0.2, 0.25) is 0 Å². The number of hydrogen-bond acceptors (Lipinski definition) is 6. The zero-order valence-corrected chi connectivity index (χ0v) is 18.1. The van der Waals surface area contributed by atoms with E-state index in [1.54, 1.807) is 0 Å². The summed E-state index contributed by atoms with van der Waals surface area (Å²) >= 11 is 1.42. The molecule has 0 bridgehead atoms. The number of hydrogen-bond donors (Lipinski definition) is 1. The van der Waals surface area contributed by atoms with Gasteiger partial charge in [-0.1, -0.05) is 18.2 Å². The standard InChI is InChI=1S/C23H19FN4O3S/c1-14-5-6-15(2)18(12-14)25-20(29)13-31-23(30)21-26-22(19-4-3-11-32-19)28(27-21)17-9-7-16(24)8-10-17/h3-12H,13H2,1-2H3,(H,25,29). The Kier molecular flexibility index (Phi) is 6.09. The fraction of sp³-hybridized carbons (Fsp3) is 0.130. The molecule has 0 unspecified atom stereocenters. The SMILES string of the molecule is Cc1ccc(C)c(NC(=O)COC(=O)c2nc(-c3cccs3)n(-c3ccc(F)cc3)n2)c1. The van der Waals surface area contributed by atoms with Gasteiger partial charge in [-0.25, -0.2) is 13.9 Å². The third kappa shape index (κ3) is 4.73. The van der Waals surface area contributed by atoms with E-state index in [4.69, 9.17) is 4.74 Å². The van der Waals surface area contributed by atoms with E-state index in [1.165, 1.54) is 40.3 Å². The van der Waals surface area contributed by atoms with Crippen molar-refractivity contribution in [1.82, 2.24) is 14.8 Å². The Labute approximate surface area is 187 Å². The number of benzene rings is 2. The predicted octanol–water partition coefficient (Wildman–Crippen LogP) is 4.55. The fourth-order valence-corrected chi connectivity index (χ4v) is 3.68. The minimum absolute atomic E-state index is 0.197. The van der Waals surface area contributed by atoms with Crippen LogP contribution in [0.5, 0.6) is 0 Å². The van der Waals surface area contributed by atoms with Crippen LogP contribution in [0, 0.1) is 19.7 Å². The number of carbonyl (C=O) groups excluding carboxylic acids is 2. The molecule has 32 heavy (non-hydrogen) atoms. The summed E-state index contributed by atoms with van der Waals surface area (Å²) in [6.07, 6.45) is 0. The van der Waals surface area contributed by atoms with Crippen molar-refractivity contribution in [3.8, 4) is 16.4 Å². The molecule has 7 nitrogen and oxygen atoms in total. The Balaban J connectivity index is 1.51. The molecule has 0 saturated carbocycles. The molecule has 0 aliphatic carbocycles. The Bertz CT molecular complexity index is 1270. The van der Waals surface area contributed by atoms with Gasteiger partial charge >= 0.3 is 5.97 Å². The van der Waals surface area contributed by atoms with Crippen LogP contribution in [0.2, 0.25) is 0 Å². The molecule has 0 spiro atoms. The molecular weight excluding hydrogens is 431 g/mol. The van der Waals surface area contributed by atoms with Crippen LogP contribution in [-0.2, 0) is 9.53 Å². The van der Waals surface area contributed by atoms with Gasteiger partial charge in [0.25, 0.3) is 11.7 Å². The lowest BCUT2D eigenvalue weighted by atomic mass is 10.1. The molecule has 0 radical (unpaired) electrons. The molecule has 0 saturated heterocycles. The molecule has 0 aliphatic rings. The average Bonchev–Trinajstić information content (AvgIpc) is 3.45. The highest BCUT2D eigenvalue weighted by Gasteiger charge is 2.21. The fourth-order valence-electron chi connectivity index (χ4n) is 2.98. The minimum Gasteiger partial charge on any atom is -0.450 e. The molecule has 2 aromatic carbocycles. The van der Waals surface area contributed by atoms with Crippen molar-refractivity contribution in [3.05, 3.63) is 82.7 Å². The van der Waals surface area contributed by atoms with Crippen LogP contribution in [0.25, 0.3) is 16.4 Å². The molecule has 9 heteroatoms. The molecule has 0 atom stereocenters. The zero-order chi connectivity index (χ0) is 22.7. The summed E-state index contributed by atoms with van der Waals surface area (Å²) in [5.41, 5.74) is 3.09. The summed E-state index contributed by atoms with van der Waals surface area (Å²) in [6.45, 7) is 3.31. The Morgan fingerprint density at radius 3 is 2.62 bits per heavy atom. The second-order valence-corrected chi connectivity index (χ2v) is 8.01. The molecule has 2 heterocycles. The number of aryl methyl sites for hydroxylation is 2. The molecule has 0 aliphatic heterocycles. The monoisotopic (exact) mass is 450 g/mol. The number of esters is 1. The number of thiophene rings is 1. The van der Waals surface area contributed by atoms with Crippen molar-refractivity contribution in [2.24, 2.45) is 0 Å². The number of nitrogens with one attached hydrogen (secondary N) is 1. The van der Waals surface area contributed by atoms with Gasteiger partial charge in [0.1, 0.15) is 5.82 Å². The van der Waals surface area contributed by atoms with Crippen molar-refractivity contribution < 1.29 is 18.7 Å². The number of nitrogens with zero attached hydrogens (tertiary/aromatic N) is 3. The van der Waals surface area contributed by atoms with Gasteiger partial charge < -0.3 is 10.1 Å². The van der Waals surface area contributed by atoms with E-state index in [2.05, 4.69) is 15.4 Å². The first-order valence-electron chi connectivity index (χ1n) is 9.72. The molecule has 1 N–H and O–H groups in total. The number of anilines is 1. The molecule has 4 rings (SSSR count). The van der Waals surface area contributed by atoms with Crippen molar-refractivity contribution in [1.29, 1.82) is 0 Å². The lowest BCUT2D eigenvalue weighted by Crippen LogP contribution is -2.22. The quantitative estimate of drug-likeness (QED) is 0.436. The first-order chi connectivity index (χ1) is 15.4. The van der Waals surface area contributed by atoms with E-state index in [1.807, 2.05) is 49.6 Å². The number of carbonyl (C=O) groups is 2. The number of halogens is 1. The summed E-state index contributed by atoms with van der Waals surface area (Å²) in [6, 6.07) is 15.0. The van der Waals surface area contributed by atoms with Crippen LogP contribution in [0.1, 0.15) is 21.7 Å². The number of ether oxygens (including phenoxy) is 1. The van der Waals surface area contributed by atoms with Crippen molar-refractivity contribution in [2.75, 3.05) is 11.9 Å². The third-order valence-electron chi connectivity index (χ3n) is 4.60. The summed E-state index contributed by atoms with van der Waals surface area (Å²) < 4.78 is 19.9. The maximum Gasteiger partial charge on any atom is 0.378 e. The summed E-state index contributed by atoms with van der Waals surface area (Å²) in [5.74, 6) is -1.47. The van der Waals surface area contributed by atoms with E-state index < -0.39 is 18.5 Å². The summed E-state index contributed by atoms with van der Waals surface area (Å²) in [5, 5.41) is 8.84. The highest BCUT2D eigenvalue weighted by atomic mass is 32.1. The van der Waals surface area contributed by atoms with Crippen molar-refractivity contribution in [3.63, 3.8) is 0 Å². The highest BCUT2D eigenvalue weighted by molar-refractivity contribution is 7.13. The molecule has 4 aromatic rings. The van der Waals surface area contributed by atoms with Crippen LogP contribution < -0.4 is 5.32 Å². The Hall–Kier alpha value is -3.85. The van der Waals surface area contributed by atoms with Gasteiger partial charge in [-0.15, -0.1) is 16.4 Å². The summed E-state index contributed by atoms with van der Waals surface area (Å²) in [7, 11) is 0. The van der Waals surface area contributed by atoms with Crippen LogP contribution >= 0.6 is 11.3 Å². The molecule has 0 fully saturated rings. The summed E-state index contributed by atoms with van der Waals surface area (Å²) in [4.78, 5) is 29.9. The van der Waals surface area contributed by atoms with E-state index >= 15 is 0 Å². The third-order valence-corrected chi connectivity index (χ3v) is 5.47. The predicted molar refractivity (Wildman–Crippen MR) is 119 cm³/mol.